The molecule has 0 unspecified atom stereocenters. The smallest absolute Gasteiger partial charge is 0.335 e. The van der Waals surface area contributed by atoms with Gasteiger partial charge in [0.2, 0.25) is 0 Å². The molecule has 1 aromatic rings. The average Bonchev–Trinajstić information content (AvgIpc) is 3.04. The van der Waals surface area contributed by atoms with Gasteiger partial charge in [-0.05, 0) is 48.7 Å². The standard InChI is InChI=1S/C25H48N2O7Si3/c1-15(2)36(16(3)4)30-14-20-21(33-37(34-36,17(5)6)18(7)8)22(32-35(10,11)12)24(31-20)27-13-19(9)23(28)26-25(27)29/h13,15-18,20-22,24H,14H2,1-12H3,(H,26,28,29)/t20-,21-,22-,24-/m1/s1. The largest absolute Gasteiger partial charge is 0.414 e. The van der Waals surface area contributed by atoms with Crippen molar-refractivity contribution >= 4 is 25.4 Å². The van der Waals surface area contributed by atoms with Crippen LogP contribution in [-0.4, -0.2) is 59.9 Å². The minimum Gasteiger partial charge on any atom is -0.414 e. The van der Waals surface area contributed by atoms with Crippen molar-refractivity contribution in [1.29, 1.82) is 0 Å². The van der Waals surface area contributed by atoms with E-state index >= 15 is 0 Å². The topological polar surface area (TPSA) is 101 Å². The van der Waals surface area contributed by atoms with Crippen molar-refractivity contribution in [2.24, 2.45) is 0 Å². The van der Waals surface area contributed by atoms with Crippen molar-refractivity contribution in [3.8, 4) is 0 Å². The van der Waals surface area contributed by atoms with Crippen LogP contribution in [-0.2, 0) is 22.1 Å². The van der Waals surface area contributed by atoms with Gasteiger partial charge in [0, 0.05) is 11.8 Å². The minimum atomic E-state index is -2.90. The van der Waals surface area contributed by atoms with Crippen molar-refractivity contribution in [1.82, 2.24) is 9.55 Å². The van der Waals surface area contributed by atoms with Crippen LogP contribution in [0.5, 0.6) is 0 Å². The summed E-state index contributed by atoms with van der Waals surface area (Å²) in [6, 6.07) is 0. The van der Waals surface area contributed by atoms with Gasteiger partial charge in [0.25, 0.3) is 5.56 Å². The van der Waals surface area contributed by atoms with E-state index in [1.165, 1.54) is 4.57 Å². The highest BCUT2D eigenvalue weighted by Crippen LogP contribution is 2.49. The molecule has 0 aliphatic carbocycles. The van der Waals surface area contributed by atoms with Crippen LogP contribution >= 0.6 is 0 Å². The van der Waals surface area contributed by atoms with E-state index < -0.39 is 61.2 Å². The number of H-pyrrole nitrogens is 1. The van der Waals surface area contributed by atoms with Gasteiger partial charge in [0.15, 0.2) is 14.5 Å². The zero-order chi connectivity index (χ0) is 28.1. The maximum atomic E-state index is 13.0. The molecule has 0 spiro atoms. The van der Waals surface area contributed by atoms with Crippen molar-refractivity contribution < 1.29 is 22.1 Å². The molecule has 2 aliphatic rings. The summed E-state index contributed by atoms with van der Waals surface area (Å²) in [6.45, 7) is 25.8. The normalized spacial score (nSPS) is 28.1. The van der Waals surface area contributed by atoms with Gasteiger partial charge >= 0.3 is 22.8 Å². The number of ether oxygens (including phenoxy) is 1. The fraction of sp³-hybridized carbons (Fsp3) is 0.840. The fourth-order valence-electron chi connectivity index (χ4n) is 5.66. The number of nitrogens with zero attached hydrogens (tertiary/aromatic N) is 1. The lowest BCUT2D eigenvalue weighted by atomic mass is 10.1. The summed E-state index contributed by atoms with van der Waals surface area (Å²) in [5.74, 6) is 0. The van der Waals surface area contributed by atoms with Crippen LogP contribution in [0, 0.1) is 6.92 Å². The summed E-state index contributed by atoms with van der Waals surface area (Å²) >= 11 is 0. The van der Waals surface area contributed by atoms with Crippen LogP contribution in [0.4, 0.5) is 0 Å². The quantitative estimate of drug-likeness (QED) is 0.463. The summed E-state index contributed by atoms with van der Waals surface area (Å²) < 4.78 is 36.2. The van der Waals surface area contributed by atoms with Crippen LogP contribution in [0.1, 0.15) is 67.2 Å². The molecule has 4 atom stereocenters. The molecule has 12 heteroatoms. The third kappa shape index (κ3) is 5.86. The Bertz CT molecular complexity index is 1050. The first kappa shape index (κ1) is 30.7. The number of fused-ring (bicyclic) bond motifs is 1. The monoisotopic (exact) mass is 572 g/mol. The Morgan fingerprint density at radius 3 is 2.00 bits per heavy atom. The summed E-state index contributed by atoms with van der Waals surface area (Å²) in [7, 11) is -7.74. The second-order valence-electron chi connectivity index (χ2n) is 12.8. The van der Waals surface area contributed by atoms with Crippen LogP contribution < -0.4 is 11.2 Å². The maximum absolute atomic E-state index is 13.0. The maximum Gasteiger partial charge on any atom is 0.335 e. The van der Waals surface area contributed by atoms with Gasteiger partial charge in [-0.2, -0.15) is 0 Å². The number of hydrogen-bond donors (Lipinski definition) is 1. The molecule has 0 bridgehead atoms. The molecule has 37 heavy (non-hydrogen) atoms. The predicted octanol–water partition coefficient (Wildman–Crippen LogP) is 4.92. The van der Waals surface area contributed by atoms with E-state index in [4.69, 9.17) is 22.1 Å². The van der Waals surface area contributed by atoms with Crippen molar-refractivity contribution in [2.75, 3.05) is 6.61 Å². The SMILES string of the molecule is Cc1cn([C@@H]2O[C@@H]3CO[Si](C(C)C)(C(C)C)O[Si](C(C)C)(C(C)C)O[C@H]3[C@H]2O[Si](C)(C)C)c(=O)[nH]c1=O. The van der Waals surface area contributed by atoms with Crippen molar-refractivity contribution in [3.63, 3.8) is 0 Å². The Hall–Kier alpha value is -0.869. The Kier molecular flexibility index (Phi) is 9.08. The lowest BCUT2D eigenvalue weighted by Crippen LogP contribution is -2.66. The van der Waals surface area contributed by atoms with Crippen molar-refractivity contribution in [2.45, 2.75) is 129 Å². The molecule has 2 saturated heterocycles. The lowest BCUT2D eigenvalue weighted by molar-refractivity contribution is -0.0593. The molecular weight excluding hydrogens is 525 g/mol. The third-order valence-corrected chi connectivity index (χ3v) is 18.8. The summed E-state index contributed by atoms with van der Waals surface area (Å²) in [4.78, 5) is 27.5. The number of nitrogens with one attached hydrogen (secondary N) is 1. The molecule has 2 aliphatic heterocycles. The number of rotatable bonds is 7. The first-order valence-corrected chi connectivity index (χ1v) is 21.0. The molecule has 0 aromatic carbocycles. The highest BCUT2D eigenvalue weighted by Gasteiger charge is 2.62. The van der Waals surface area contributed by atoms with E-state index in [1.807, 2.05) is 0 Å². The molecule has 9 nitrogen and oxygen atoms in total. The zero-order valence-corrected chi connectivity index (χ0v) is 27.7. The molecule has 3 heterocycles. The van der Waals surface area contributed by atoms with E-state index in [0.29, 0.717) is 12.2 Å². The van der Waals surface area contributed by atoms with Crippen molar-refractivity contribution in [3.05, 3.63) is 32.6 Å². The number of aryl methyl sites for hydroxylation is 1. The summed E-state index contributed by atoms with van der Waals surface area (Å²) in [6.07, 6.45) is -0.670. The first-order chi connectivity index (χ1) is 16.9. The van der Waals surface area contributed by atoms with E-state index in [1.54, 1.807) is 13.1 Å². The van der Waals surface area contributed by atoms with E-state index in [-0.39, 0.29) is 22.2 Å². The van der Waals surface area contributed by atoms with Crippen LogP contribution in [0.25, 0.3) is 0 Å². The predicted molar refractivity (Wildman–Crippen MR) is 152 cm³/mol. The molecule has 2 fully saturated rings. The van der Waals surface area contributed by atoms with Crippen LogP contribution in [0.15, 0.2) is 15.8 Å². The minimum absolute atomic E-state index is 0.156. The van der Waals surface area contributed by atoms with Gasteiger partial charge < -0.3 is 22.1 Å². The molecule has 3 rings (SSSR count). The van der Waals surface area contributed by atoms with Gasteiger partial charge in [-0.1, -0.05) is 55.4 Å². The van der Waals surface area contributed by atoms with Gasteiger partial charge in [-0.25, -0.2) is 4.79 Å². The third-order valence-electron chi connectivity index (χ3n) is 7.53. The van der Waals surface area contributed by atoms with E-state index in [9.17, 15) is 9.59 Å². The molecule has 1 aromatic heterocycles. The van der Waals surface area contributed by atoms with Gasteiger partial charge in [-0.15, -0.1) is 0 Å². The Balaban J connectivity index is 2.20. The lowest BCUT2D eigenvalue weighted by Gasteiger charge is -2.51. The Morgan fingerprint density at radius 1 is 0.973 bits per heavy atom. The van der Waals surface area contributed by atoms with Gasteiger partial charge in [0.05, 0.1) is 6.61 Å². The molecule has 0 amide bonds. The molecule has 0 radical (unpaired) electrons. The number of hydrogen-bond acceptors (Lipinski definition) is 7. The molecule has 0 saturated carbocycles. The Morgan fingerprint density at radius 2 is 1.51 bits per heavy atom. The number of aromatic nitrogens is 2. The first-order valence-electron chi connectivity index (χ1n) is 13.6. The fourth-order valence-corrected chi connectivity index (χ4v) is 17.9. The molecule has 212 valence electrons. The highest BCUT2D eigenvalue weighted by atomic mass is 28.5. The van der Waals surface area contributed by atoms with Crippen LogP contribution in [0.2, 0.25) is 41.8 Å². The Labute approximate surface area is 224 Å². The van der Waals surface area contributed by atoms with E-state index in [2.05, 4.69) is 80.0 Å². The number of aromatic amines is 1. The van der Waals surface area contributed by atoms with Gasteiger partial charge in [0.1, 0.15) is 18.3 Å². The zero-order valence-electron chi connectivity index (χ0n) is 24.7. The van der Waals surface area contributed by atoms with Gasteiger partial charge in [-0.3, -0.25) is 14.3 Å². The second-order valence-corrected chi connectivity index (χ2v) is 26.1. The van der Waals surface area contributed by atoms with E-state index in [0.717, 1.165) is 0 Å². The molecular formula is C25H48N2O7Si3. The average molecular weight is 573 g/mol. The highest BCUT2D eigenvalue weighted by molar-refractivity contribution is 6.84. The summed E-state index contributed by atoms with van der Waals surface area (Å²) in [5, 5.41) is 0. The van der Waals surface area contributed by atoms with Crippen LogP contribution in [0.3, 0.4) is 0 Å². The second kappa shape index (κ2) is 11.0. The summed E-state index contributed by atoms with van der Waals surface area (Å²) in [5.41, 5.74) is 0.240. The molecule has 1 N–H and O–H groups in total.